The van der Waals surface area contributed by atoms with E-state index in [2.05, 4.69) is 13.0 Å². The van der Waals surface area contributed by atoms with Crippen LogP contribution in [0.15, 0.2) is 0 Å². The maximum absolute atomic E-state index is 12.0. The molecule has 0 radical (unpaired) electrons. The maximum Gasteiger partial charge on any atom is 0.302 e. The van der Waals surface area contributed by atoms with Crippen molar-refractivity contribution < 1.29 is 19.7 Å². The molecule has 156 valence electrons. The van der Waals surface area contributed by atoms with Crippen LogP contribution < -0.4 is 0 Å². The first kappa shape index (κ1) is 20.2. The Balaban J connectivity index is 1.60. The van der Waals surface area contributed by atoms with E-state index in [0.717, 1.165) is 44.9 Å². The summed E-state index contributed by atoms with van der Waals surface area (Å²) in [6, 6.07) is 2.17. The predicted octanol–water partition coefficient (Wildman–Crippen LogP) is 3.72. The van der Waals surface area contributed by atoms with Crippen LogP contribution in [0.3, 0.4) is 0 Å². The van der Waals surface area contributed by atoms with Gasteiger partial charge in [-0.15, -0.1) is 0 Å². The molecule has 0 spiro atoms. The lowest BCUT2D eigenvalue weighted by Crippen LogP contribution is -2.65. The third-order valence-electron chi connectivity index (χ3n) is 9.82. The van der Waals surface area contributed by atoms with Crippen molar-refractivity contribution in [2.75, 3.05) is 0 Å². The van der Waals surface area contributed by atoms with Gasteiger partial charge in [-0.2, -0.15) is 5.26 Å². The Kier molecular flexibility index (Phi) is 4.64. The minimum atomic E-state index is -1.08. The van der Waals surface area contributed by atoms with Crippen LogP contribution in [0.5, 0.6) is 0 Å². The van der Waals surface area contributed by atoms with Gasteiger partial charge in [0.2, 0.25) is 0 Å². The molecule has 0 aromatic carbocycles. The maximum atomic E-state index is 12.0. The van der Waals surface area contributed by atoms with Crippen molar-refractivity contribution in [3.05, 3.63) is 0 Å². The lowest BCUT2D eigenvalue weighted by molar-refractivity contribution is -0.235. The summed E-state index contributed by atoms with van der Waals surface area (Å²) in [6.07, 6.45) is 7.93. The monoisotopic (exact) mass is 389 g/mol. The van der Waals surface area contributed by atoms with Crippen LogP contribution in [0, 0.1) is 39.9 Å². The van der Waals surface area contributed by atoms with Crippen molar-refractivity contribution in [2.24, 2.45) is 28.6 Å². The fourth-order valence-corrected chi connectivity index (χ4v) is 8.06. The van der Waals surface area contributed by atoms with Gasteiger partial charge in [0.05, 0.1) is 23.7 Å². The Bertz CT molecular complexity index is 703. The van der Waals surface area contributed by atoms with Crippen LogP contribution in [-0.4, -0.2) is 33.5 Å². The molecule has 4 aliphatic rings. The van der Waals surface area contributed by atoms with Crippen molar-refractivity contribution in [1.29, 1.82) is 5.26 Å². The third-order valence-corrected chi connectivity index (χ3v) is 9.82. The highest BCUT2D eigenvalue weighted by Crippen LogP contribution is 2.70. The van der Waals surface area contributed by atoms with Gasteiger partial charge in [0, 0.05) is 12.3 Å². The third kappa shape index (κ3) is 2.53. The molecule has 2 unspecified atom stereocenters. The van der Waals surface area contributed by atoms with Crippen LogP contribution in [0.1, 0.15) is 85.0 Å². The van der Waals surface area contributed by atoms with E-state index in [1.54, 1.807) is 0 Å². The summed E-state index contributed by atoms with van der Waals surface area (Å²) >= 11 is 0. The molecule has 5 heteroatoms. The highest BCUT2D eigenvalue weighted by molar-refractivity contribution is 5.66. The summed E-state index contributed by atoms with van der Waals surface area (Å²) in [7, 11) is 0. The smallest absolute Gasteiger partial charge is 0.302 e. The van der Waals surface area contributed by atoms with Crippen molar-refractivity contribution in [1.82, 2.24) is 0 Å². The molecule has 28 heavy (non-hydrogen) atoms. The van der Waals surface area contributed by atoms with Crippen LogP contribution >= 0.6 is 0 Å². The number of fused-ring (bicyclic) bond motifs is 5. The van der Waals surface area contributed by atoms with E-state index in [4.69, 9.17) is 4.74 Å². The second kappa shape index (κ2) is 6.44. The number of carbonyl (C=O) groups excluding carboxylic acids is 1. The summed E-state index contributed by atoms with van der Waals surface area (Å²) < 4.78 is 5.53. The van der Waals surface area contributed by atoms with Crippen LogP contribution in [0.4, 0.5) is 0 Å². The minimum Gasteiger partial charge on any atom is -0.463 e. The molecule has 0 bridgehead atoms. The molecule has 8 atom stereocenters. The van der Waals surface area contributed by atoms with E-state index in [1.807, 2.05) is 6.92 Å². The summed E-state index contributed by atoms with van der Waals surface area (Å²) in [5.41, 5.74) is -2.41. The first-order valence-corrected chi connectivity index (χ1v) is 11.1. The Morgan fingerprint density at radius 1 is 1.07 bits per heavy atom. The number of hydrogen-bond donors (Lipinski definition) is 2. The summed E-state index contributed by atoms with van der Waals surface area (Å²) in [4.78, 5) is 11.4. The number of nitriles is 1. The number of hydrogen-bond acceptors (Lipinski definition) is 5. The van der Waals surface area contributed by atoms with E-state index in [9.17, 15) is 20.3 Å². The standard InChI is InChI=1S/C23H35NO4/c1-15(25)28-17-6-8-20(2)16(14-17)4-5-19-18(20)7-9-21(3)22(26,12-13-24)10-11-23(19,21)27/h16-19,26-27H,4-12,14H2,1-3H3/t16?,17?,18-,19+,20-,21+,22-,23+/m0/s1. The molecule has 0 saturated heterocycles. The lowest BCUT2D eigenvalue weighted by atomic mass is 9.43. The zero-order valence-corrected chi connectivity index (χ0v) is 17.5. The molecule has 4 saturated carbocycles. The largest absolute Gasteiger partial charge is 0.463 e. The average molecular weight is 390 g/mol. The number of carbonyl (C=O) groups is 1. The van der Waals surface area contributed by atoms with Gasteiger partial charge in [-0.25, -0.2) is 0 Å². The van der Waals surface area contributed by atoms with Gasteiger partial charge >= 0.3 is 5.97 Å². The van der Waals surface area contributed by atoms with Gasteiger partial charge < -0.3 is 14.9 Å². The predicted molar refractivity (Wildman–Crippen MR) is 104 cm³/mol. The van der Waals surface area contributed by atoms with E-state index in [-0.39, 0.29) is 29.8 Å². The van der Waals surface area contributed by atoms with E-state index >= 15 is 0 Å². The fraction of sp³-hybridized carbons (Fsp3) is 0.913. The molecule has 5 nitrogen and oxygen atoms in total. The molecule has 4 fully saturated rings. The van der Waals surface area contributed by atoms with Gasteiger partial charge in [0.25, 0.3) is 0 Å². The molecule has 4 aliphatic carbocycles. The quantitative estimate of drug-likeness (QED) is 0.703. The molecule has 0 aliphatic heterocycles. The van der Waals surface area contributed by atoms with Crippen molar-refractivity contribution in [3.63, 3.8) is 0 Å². The molecule has 0 heterocycles. The fourth-order valence-electron chi connectivity index (χ4n) is 8.06. The Morgan fingerprint density at radius 2 is 1.82 bits per heavy atom. The van der Waals surface area contributed by atoms with Crippen molar-refractivity contribution in [3.8, 4) is 6.07 Å². The molecule has 0 aromatic heterocycles. The summed E-state index contributed by atoms with van der Waals surface area (Å²) in [6.45, 7) is 5.91. The van der Waals surface area contributed by atoms with Gasteiger partial charge in [-0.1, -0.05) is 13.8 Å². The molecule has 0 aromatic rings. The zero-order valence-electron chi connectivity index (χ0n) is 17.5. The van der Waals surface area contributed by atoms with Gasteiger partial charge in [0.1, 0.15) is 6.10 Å². The molecule has 0 amide bonds. The lowest BCUT2D eigenvalue weighted by Gasteiger charge is -2.64. The summed E-state index contributed by atoms with van der Waals surface area (Å²) in [5, 5.41) is 32.5. The van der Waals surface area contributed by atoms with Gasteiger partial charge in [-0.3, -0.25) is 4.79 Å². The topological polar surface area (TPSA) is 90.5 Å². The van der Waals surface area contributed by atoms with Gasteiger partial charge in [0.15, 0.2) is 0 Å². The summed E-state index contributed by atoms with van der Waals surface area (Å²) in [5.74, 6) is 0.963. The Hall–Kier alpha value is -1.12. The van der Waals surface area contributed by atoms with Crippen molar-refractivity contribution >= 4 is 5.97 Å². The molecule has 2 N–H and O–H groups in total. The van der Waals surface area contributed by atoms with Crippen molar-refractivity contribution in [2.45, 2.75) is 102 Å². The highest BCUT2D eigenvalue weighted by Gasteiger charge is 2.71. The van der Waals surface area contributed by atoms with Gasteiger partial charge in [-0.05, 0) is 81.0 Å². The Morgan fingerprint density at radius 3 is 2.50 bits per heavy atom. The normalized spacial score (nSPS) is 52.7. The molecular formula is C23H35NO4. The zero-order chi connectivity index (χ0) is 20.4. The first-order chi connectivity index (χ1) is 13.1. The van der Waals surface area contributed by atoms with E-state index in [0.29, 0.717) is 24.7 Å². The highest BCUT2D eigenvalue weighted by atomic mass is 16.5. The number of aliphatic hydroxyl groups is 2. The number of nitrogens with zero attached hydrogens (tertiary/aromatic N) is 1. The average Bonchev–Trinajstić information content (AvgIpc) is 2.83. The number of esters is 1. The minimum absolute atomic E-state index is 0.0382. The first-order valence-electron chi connectivity index (χ1n) is 11.1. The number of rotatable bonds is 2. The Labute approximate surface area is 168 Å². The second-order valence-electron chi connectivity index (χ2n) is 10.7. The second-order valence-corrected chi connectivity index (χ2v) is 10.7. The van der Waals surface area contributed by atoms with E-state index < -0.39 is 16.6 Å². The van der Waals surface area contributed by atoms with E-state index in [1.165, 1.54) is 6.92 Å². The SMILES string of the molecule is CC(=O)OC1CC[C@@]2(C)C(CC[C@@H]3[C@@H]2CC[C@]2(C)[C@@](O)(CC#N)CC[C@@]32O)C1. The van der Waals surface area contributed by atoms with Crippen LogP contribution in [-0.2, 0) is 9.53 Å². The van der Waals surface area contributed by atoms with Crippen LogP contribution in [0.2, 0.25) is 0 Å². The molecule has 4 rings (SSSR count). The molecular weight excluding hydrogens is 354 g/mol. The number of ether oxygens (including phenoxy) is 1. The van der Waals surface area contributed by atoms with Crippen LogP contribution in [0.25, 0.3) is 0 Å².